The number of hydrogen-bond acceptors (Lipinski definition) is 3. The molecule has 5 heteroatoms. The van der Waals surface area contributed by atoms with Gasteiger partial charge in [-0.25, -0.2) is 4.79 Å². The molecular formula is C16H26N2O3. The first-order chi connectivity index (χ1) is 10.0. The fraction of sp³-hybridized carbons (Fsp3) is 0.562. The Morgan fingerprint density at radius 1 is 1.24 bits per heavy atom. The highest BCUT2D eigenvalue weighted by molar-refractivity contribution is 5.73. The third-order valence-electron chi connectivity index (χ3n) is 3.10. The number of ether oxygens (including phenoxy) is 1. The Kier molecular flexibility index (Phi) is 7.61. The van der Waals surface area contributed by atoms with Crippen molar-refractivity contribution in [2.75, 3.05) is 20.2 Å². The average Bonchev–Trinajstić information content (AvgIpc) is 2.45. The number of aliphatic hydroxyl groups is 1. The number of aliphatic hydroxyl groups excluding tert-OH is 1. The molecule has 2 amide bonds. The Bertz CT molecular complexity index is 418. The number of urea groups is 1. The molecule has 118 valence electrons. The molecule has 1 aromatic carbocycles. The minimum Gasteiger partial charge on any atom is -0.497 e. The van der Waals surface area contributed by atoms with Crippen LogP contribution in [0.4, 0.5) is 4.79 Å². The SMILES string of the molecule is COc1ccc(CCNC(=O)NCC(O)CC(C)C)cc1. The molecule has 0 saturated carbocycles. The number of benzene rings is 1. The van der Waals surface area contributed by atoms with E-state index in [0.717, 1.165) is 17.7 Å². The zero-order valence-corrected chi connectivity index (χ0v) is 13.1. The molecule has 0 aliphatic carbocycles. The molecule has 0 aromatic heterocycles. The molecule has 1 atom stereocenters. The van der Waals surface area contributed by atoms with Crippen LogP contribution in [0.5, 0.6) is 5.75 Å². The molecule has 5 nitrogen and oxygen atoms in total. The van der Waals surface area contributed by atoms with Crippen molar-refractivity contribution in [1.29, 1.82) is 0 Å². The highest BCUT2D eigenvalue weighted by atomic mass is 16.5. The third-order valence-corrected chi connectivity index (χ3v) is 3.10. The lowest BCUT2D eigenvalue weighted by molar-refractivity contribution is 0.147. The van der Waals surface area contributed by atoms with E-state index in [0.29, 0.717) is 18.9 Å². The maximum Gasteiger partial charge on any atom is 0.314 e. The van der Waals surface area contributed by atoms with Crippen LogP contribution in [0.3, 0.4) is 0 Å². The van der Waals surface area contributed by atoms with E-state index >= 15 is 0 Å². The van der Waals surface area contributed by atoms with E-state index in [1.165, 1.54) is 0 Å². The van der Waals surface area contributed by atoms with Gasteiger partial charge in [0.25, 0.3) is 0 Å². The quantitative estimate of drug-likeness (QED) is 0.686. The highest BCUT2D eigenvalue weighted by Crippen LogP contribution is 2.11. The fourth-order valence-corrected chi connectivity index (χ4v) is 2.01. The van der Waals surface area contributed by atoms with E-state index in [9.17, 15) is 9.90 Å². The molecule has 0 spiro atoms. The third kappa shape index (κ3) is 7.56. The maximum absolute atomic E-state index is 11.6. The van der Waals surface area contributed by atoms with Gasteiger partial charge in [0.1, 0.15) is 5.75 Å². The number of carbonyl (C=O) groups excluding carboxylic acids is 1. The van der Waals surface area contributed by atoms with Crippen LogP contribution in [0.15, 0.2) is 24.3 Å². The molecule has 21 heavy (non-hydrogen) atoms. The van der Waals surface area contributed by atoms with Crippen LogP contribution in [0.2, 0.25) is 0 Å². The monoisotopic (exact) mass is 294 g/mol. The van der Waals surface area contributed by atoms with Crippen molar-refractivity contribution in [1.82, 2.24) is 10.6 Å². The second kappa shape index (κ2) is 9.23. The van der Waals surface area contributed by atoms with E-state index in [1.807, 2.05) is 38.1 Å². The van der Waals surface area contributed by atoms with Crippen LogP contribution < -0.4 is 15.4 Å². The summed E-state index contributed by atoms with van der Waals surface area (Å²) in [5, 5.41) is 15.1. The number of carbonyl (C=O) groups is 1. The molecule has 1 unspecified atom stereocenters. The lowest BCUT2D eigenvalue weighted by atomic mass is 10.1. The zero-order chi connectivity index (χ0) is 15.7. The van der Waals surface area contributed by atoms with Crippen molar-refractivity contribution < 1.29 is 14.6 Å². The average molecular weight is 294 g/mol. The molecule has 0 aliphatic rings. The van der Waals surface area contributed by atoms with Crippen molar-refractivity contribution in [3.63, 3.8) is 0 Å². The molecule has 0 heterocycles. The van der Waals surface area contributed by atoms with Crippen molar-refractivity contribution in [3.8, 4) is 5.75 Å². The van der Waals surface area contributed by atoms with Gasteiger partial charge in [0.15, 0.2) is 0 Å². The predicted molar refractivity (Wildman–Crippen MR) is 83.6 cm³/mol. The number of methoxy groups -OCH3 is 1. The van der Waals surface area contributed by atoms with Gasteiger partial charge >= 0.3 is 6.03 Å². The zero-order valence-electron chi connectivity index (χ0n) is 13.1. The van der Waals surface area contributed by atoms with E-state index in [1.54, 1.807) is 7.11 Å². The van der Waals surface area contributed by atoms with Crippen LogP contribution >= 0.6 is 0 Å². The topological polar surface area (TPSA) is 70.6 Å². The summed E-state index contributed by atoms with van der Waals surface area (Å²) in [5.41, 5.74) is 1.14. The Labute approximate surface area is 126 Å². The van der Waals surface area contributed by atoms with Gasteiger partial charge in [-0.15, -0.1) is 0 Å². The van der Waals surface area contributed by atoms with Gasteiger partial charge in [0.05, 0.1) is 13.2 Å². The van der Waals surface area contributed by atoms with Gasteiger partial charge in [0.2, 0.25) is 0 Å². The van der Waals surface area contributed by atoms with E-state index in [-0.39, 0.29) is 12.6 Å². The summed E-state index contributed by atoms with van der Waals surface area (Å²) >= 11 is 0. The van der Waals surface area contributed by atoms with E-state index in [4.69, 9.17) is 4.74 Å². The molecule has 1 aromatic rings. The van der Waals surface area contributed by atoms with E-state index in [2.05, 4.69) is 10.6 Å². The summed E-state index contributed by atoms with van der Waals surface area (Å²) < 4.78 is 5.09. The van der Waals surface area contributed by atoms with Gasteiger partial charge in [-0.1, -0.05) is 26.0 Å². The number of amides is 2. The molecular weight excluding hydrogens is 268 g/mol. The van der Waals surface area contributed by atoms with Crippen molar-refractivity contribution in [2.45, 2.75) is 32.8 Å². The first-order valence-electron chi connectivity index (χ1n) is 7.34. The lowest BCUT2D eigenvalue weighted by Crippen LogP contribution is -2.40. The number of rotatable bonds is 8. The fourth-order valence-electron chi connectivity index (χ4n) is 2.01. The predicted octanol–water partition coefficient (Wildman–Crippen LogP) is 1.94. The van der Waals surface area contributed by atoms with Crippen molar-refractivity contribution in [2.24, 2.45) is 5.92 Å². The Morgan fingerprint density at radius 3 is 2.48 bits per heavy atom. The Morgan fingerprint density at radius 2 is 1.90 bits per heavy atom. The van der Waals surface area contributed by atoms with Gasteiger partial charge in [-0.3, -0.25) is 0 Å². The van der Waals surface area contributed by atoms with Crippen LogP contribution in [-0.2, 0) is 6.42 Å². The summed E-state index contributed by atoms with van der Waals surface area (Å²) in [7, 11) is 1.63. The Hall–Kier alpha value is -1.75. The number of nitrogens with one attached hydrogen (secondary N) is 2. The smallest absolute Gasteiger partial charge is 0.314 e. The van der Waals surface area contributed by atoms with Gasteiger partial charge < -0.3 is 20.5 Å². The normalized spacial score (nSPS) is 12.0. The van der Waals surface area contributed by atoms with Crippen LogP contribution in [0, 0.1) is 5.92 Å². The molecule has 0 fully saturated rings. The number of hydrogen-bond donors (Lipinski definition) is 3. The molecule has 1 rings (SSSR count). The summed E-state index contributed by atoms with van der Waals surface area (Å²) in [6.45, 7) is 4.92. The molecule has 0 bridgehead atoms. The second-order valence-corrected chi connectivity index (χ2v) is 5.52. The van der Waals surface area contributed by atoms with Crippen LogP contribution in [0.25, 0.3) is 0 Å². The van der Waals surface area contributed by atoms with Crippen LogP contribution in [-0.4, -0.2) is 37.4 Å². The van der Waals surface area contributed by atoms with Gasteiger partial charge in [-0.05, 0) is 36.5 Å². The maximum atomic E-state index is 11.6. The Balaban J connectivity index is 2.18. The van der Waals surface area contributed by atoms with Crippen molar-refractivity contribution >= 4 is 6.03 Å². The minimum absolute atomic E-state index is 0.244. The summed E-state index contributed by atoms with van der Waals surface area (Å²) in [4.78, 5) is 11.6. The molecule has 0 aliphatic heterocycles. The second-order valence-electron chi connectivity index (χ2n) is 5.52. The van der Waals surface area contributed by atoms with E-state index < -0.39 is 6.10 Å². The molecule has 0 radical (unpaired) electrons. The molecule has 3 N–H and O–H groups in total. The summed E-state index contributed by atoms with van der Waals surface area (Å²) in [5.74, 6) is 1.24. The van der Waals surface area contributed by atoms with Crippen LogP contribution in [0.1, 0.15) is 25.8 Å². The first-order valence-corrected chi connectivity index (χ1v) is 7.34. The van der Waals surface area contributed by atoms with Gasteiger partial charge in [-0.2, -0.15) is 0 Å². The minimum atomic E-state index is -0.489. The summed E-state index contributed by atoms with van der Waals surface area (Å²) in [6, 6.07) is 7.51. The van der Waals surface area contributed by atoms with Crippen molar-refractivity contribution in [3.05, 3.63) is 29.8 Å². The largest absolute Gasteiger partial charge is 0.497 e. The van der Waals surface area contributed by atoms with Gasteiger partial charge in [0, 0.05) is 13.1 Å². The summed E-state index contributed by atoms with van der Waals surface area (Å²) in [6.07, 6.45) is 0.954. The first kappa shape index (κ1) is 17.3. The lowest BCUT2D eigenvalue weighted by Gasteiger charge is -2.14. The molecule has 0 saturated heterocycles. The standard InChI is InChI=1S/C16H26N2O3/c1-12(2)10-14(19)11-18-16(20)17-9-8-13-4-6-15(21-3)7-5-13/h4-7,12,14,19H,8-11H2,1-3H3,(H2,17,18,20). The highest BCUT2D eigenvalue weighted by Gasteiger charge is 2.08.